The molecule has 5 N–H and O–H groups in total. The maximum absolute atomic E-state index is 12.5. The van der Waals surface area contributed by atoms with Crippen molar-refractivity contribution < 1.29 is 10.2 Å². The molecule has 2 fully saturated rings. The zero-order valence-corrected chi connectivity index (χ0v) is 12.0. The number of piperazine rings is 1. The Kier molecular flexibility index (Phi) is 3.06. The number of hydrogen-bond acceptors (Lipinski definition) is 3. The van der Waals surface area contributed by atoms with Crippen LogP contribution in [0.3, 0.4) is 0 Å². The standard InChI is InChI=1S/C13H15BrN4O/c14-7-1-2-11(15)10(3-7)12(16)13(19)18-6-8-4-9(18)5-17-8/h1-3,8-9,16-17H,4-6,15H2/p+1. The molecule has 1 aromatic carbocycles. The smallest absolute Gasteiger partial charge is 0.319 e. The van der Waals surface area contributed by atoms with Gasteiger partial charge in [0.15, 0.2) is 0 Å². The lowest BCUT2D eigenvalue weighted by Crippen LogP contribution is -2.56. The van der Waals surface area contributed by atoms with Crippen LogP contribution < -0.4 is 16.5 Å². The van der Waals surface area contributed by atoms with Crippen molar-refractivity contribution in [2.45, 2.75) is 18.5 Å². The quantitative estimate of drug-likeness (QED) is 0.490. The molecule has 2 heterocycles. The van der Waals surface area contributed by atoms with Crippen LogP contribution in [0.5, 0.6) is 0 Å². The van der Waals surface area contributed by atoms with Crippen LogP contribution in [0.1, 0.15) is 12.0 Å². The fourth-order valence-corrected chi connectivity index (χ4v) is 3.20. The molecule has 0 radical (unpaired) electrons. The topological polar surface area (TPSA) is 84.0 Å². The summed E-state index contributed by atoms with van der Waals surface area (Å²) in [4.78, 5) is 14.3. The minimum Gasteiger partial charge on any atom is -0.398 e. The molecule has 2 aliphatic rings. The monoisotopic (exact) mass is 323 g/mol. The van der Waals surface area contributed by atoms with E-state index in [-0.39, 0.29) is 17.7 Å². The Bertz CT molecular complexity index is 560. The molecule has 1 amide bonds. The molecule has 0 aliphatic carbocycles. The molecule has 2 unspecified atom stereocenters. The zero-order valence-electron chi connectivity index (χ0n) is 10.4. The Hall–Kier alpha value is -1.40. The highest BCUT2D eigenvalue weighted by Gasteiger charge is 2.42. The molecule has 0 spiro atoms. The van der Waals surface area contributed by atoms with Gasteiger partial charge in [-0.05, 0) is 24.6 Å². The SMILES string of the molecule is Nc1ccc(Br)cc1C(=[NH2+])C(=O)N1CC2CC1CN2. The summed E-state index contributed by atoms with van der Waals surface area (Å²) in [6, 6.07) is 6.05. The van der Waals surface area contributed by atoms with Crippen molar-refractivity contribution in [1.29, 1.82) is 0 Å². The number of nitrogen functional groups attached to an aromatic ring is 1. The van der Waals surface area contributed by atoms with Crippen molar-refractivity contribution >= 4 is 33.2 Å². The lowest BCUT2D eigenvalue weighted by Gasteiger charge is -2.26. The first-order chi connectivity index (χ1) is 9.06. The van der Waals surface area contributed by atoms with E-state index in [9.17, 15) is 4.79 Å². The van der Waals surface area contributed by atoms with Crippen LogP contribution in [0.15, 0.2) is 22.7 Å². The van der Waals surface area contributed by atoms with Crippen molar-refractivity contribution in [3.05, 3.63) is 28.2 Å². The molecule has 1 aromatic rings. The molecule has 2 atom stereocenters. The van der Waals surface area contributed by atoms with E-state index in [1.54, 1.807) is 12.1 Å². The minimum absolute atomic E-state index is 0.112. The third-order valence-electron chi connectivity index (χ3n) is 3.85. The molecular formula is C13H16BrN4O+. The van der Waals surface area contributed by atoms with Gasteiger partial charge >= 0.3 is 5.91 Å². The summed E-state index contributed by atoms with van der Waals surface area (Å²) in [5, 5.41) is 9.39. The van der Waals surface area contributed by atoms with E-state index in [0.29, 0.717) is 17.3 Å². The first-order valence-electron chi connectivity index (χ1n) is 6.28. The highest BCUT2D eigenvalue weighted by molar-refractivity contribution is 9.10. The first-order valence-corrected chi connectivity index (χ1v) is 7.07. The second-order valence-corrected chi connectivity index (χ2v) is 6.01. The number of rotatable bonds is 2. The Morgan fingerprint density at radius 2 is 2.32 bits per heavy atom. The van der Waals surface area contributed by atoms with Gasteiger partial charge in [0.1, 0.15) is 0 Å². The highest BCUT2D eigenvalue weighted by Crippen LogP contribution is 2.25. The van der Waals surface area contributed by atoms with E-state index >= 15 is 0 Å². The summed E-state index contributed by atoms with van der Waals surface area (Å²) in [5.41, 5.74) is 7.26. The van der Waals surface area contributed by atoms with Crippen molar-refractivity contribution in [3.8, 4) is 0 Å². The Morgan fingerprint density at radius 1 is 1.53 bits per heavy atom. The van der Waals surface area contributed by atoms with E-state index in [1.807, 2.05) is 11.0 Å². The van der Waals surface area contributed by atoms with Gasteiger partial charge in [0.05, 0.1) is 5.56 Å². The molecular weight excluding hydrogens is 308 g/mol. The van der Waals surface area contributed by atoms with Crippen molar-refractivity contribution in [2.75, 3.05) is 18.8 Å². The fraction of sp³-hybridized carbons (Fsp3) is 0.385. The van der Waals surface area contributed by atoms with Crippen molar-refractivity contribution in [3.63, 3.8) is 0 Å². The largest absolute Gasteiger partial charge is 0.398 e. The van der Waals surface area contributed by atoms with Crippen LogP contribution >= 0.6 is 15.9 Å². The van der Waals surface area contributed by atoms with E-state index < -0.39 is 0 Å². The third-order valence-corrected chi connectivity index (χ3v) is 4.35. The number of carbonyl (C=O) groups excluding carboxylic acids is 1. The maximum Gasteiger partial charge on any atom is 0.319 e. The van der Waals surface area contributed by atoms with E-state index in [2.05, 4.69) is 21.2 Å². The highest BCUT2D eigenvalue weighted by atomic mass is 79.9. The van der Waals surface area contributed by atoms with Gasteiger partial charge in [0.2, 0.25) is 0 Å². The Morgan fingerprint density at radius 3 is 2.95 bits per heavy atom. The summed E-state index contributed by atoms with van der Waals surface area (Å²) in [7, 11) is 0. The Balaban J connectivity index is 1.84. The first kappa shape index (κ1) is 12.6. The molecule has 2 aliphatic heterocycles. The molecule has 0 saturated carbocycles. The minimum atomic E-state index is -0.112. The van der Waals surface area contributed by atoms with Crippen molar-refractivity contribution in [1.82, 2.24) is 10.2 Å². The number of nitrogens with two attached hydrogens (primary N) is 2. The molecule has 19 heavy (non-hydrogen) atoms. The molecule has 2 saturated heterocycles. The number of nitrogens with one attached hydrogen (secondary N) is 1. The van der Waals surface area contributed by atoms with E-state index in [1.165, 1.54) is 0 Å². The summed E-state index contributed by atoms with van der Waals surface area (Å²) in [6.45, 7) is 1.59. The van der Waals surface area contributed by atoms with Gasteiger partial charge in [-0.1, -0.05) is 15.9 Å². The van der Waals surface area contributed by atoms with Crippen LogP contribution in [-0.2, 0) is 4.79 Å². The number of nitrogens with zero attached hydrogens (tertiary/aromatic N) is 1. The van der Waals surface area contributed by atoms with Crippen LogP contribution in [-0.4, -0.2) is 41.7 Å². The molecule has 6 heteroatoms. The normalized spacial score (nSPS) is 24.8. The second-order valence-electron chi connectivity index (χ2n) is 5.10. The average Bonchev–Trinajstić information content (AvgIpc) is 3.02. The summed E-state index contributed by atoms with van der Waals surface area (Å²) < 4.78 is 0.858. The number of hydrogen-bond donors (Lipinski definition) is 3. The number of amides is 1. The molecule has 5 nitrogen and oxygen atoms in total. The third kappa shape index (κ3) is 2.15. The van der Waals surface area contributed by atoms with Crippen LogP contribution in [0, 0.1) is 0 Å². The van der Waals surface area contributed by atoms with E-state index in [0.717, 1.165) is 24.0 Å². The van der Waals surface area contributed by atoms with Gasteiger partial charge < -0.3 is 16.0 Å². The van der Waals surface area contributed by atoms with E-state index in [4.69, 9.17) is 11.1 Å². The van der Waals surface area contributed by atoms with Crippen LogP contribution in [0.25, 0.3) is 0 Å². The maximum atomic E-state index is 12.5. The van der Waals surface area contributed by atoms with Crippen molar-refractivity contribution in [2.24, 2.45) is 0 Å². The Labute approximate surface area is 119 Å². The molecule has 0 aromatic heterocycles. The molecule has 3 rings (SSSR count). The van der Waals surface area contributed by atoms with Crippen LogP contribution in [0.2, 0.25) is 0 Å². The second kappa shape index (κ2) is 4.61. The van der Waals surface area contributed by atoms with Gasteiger partial charge in [-0.3, -0.25) is 4.79 Å². The predicted octanol–water partition coefficient (Wildman–Crippen LogP) is -0.848. The number of carbonyl (C=O) groups is 1. The summed E-state index contributed by atoms with van der Waals surface area (Å²) in [6.07, 6.45) is 1.02. The number of benzene rings is 1. The number of likely N-dealkylation sites (tertiary alicyclic amines) is 1. The fourth-order valence-electron chi connectivity index (χ4n) is 2.84. The number of halogens is 1. The lowest BCUT2D eigenvalue weighted by molar-refractivity contribution is -0.143. The van der Waals surface area contributed by atoms with Gasteiger partial charge in [-0.15, -0.1) is 0 Å². The number of fused-ring (bicyclic) bond motifs is 2. The number of anilines is 1. The van der Waals surface area contributed by atoms with Gasteiger partial charge in [0.25, 0.3) is 5.71 Å². The summed E-state index contributed by atoms with van der Waals surface area (Å²) >= 11 is 3.37. The van der Waals surface area contributed by atoms with Gasteiger partial charge in [-0.25, -0.2) is 5.41 Å². The van der Waals surface area contributed by atoms with Crippen LogP contribution in [0.4, 0.5) is 5.69 Å². The molecule has 100 valence electrons. The summed E-state index contributed by atoms with van der Waals surface area (Å²) in [5.74, 6) is -0.112. The lowest BCUT2D eigenvalue weighted by atomic mass is 10.1. The zero-order chi connectivity index (χ0) is 13.6. The molecule has 2 bridgehead atoms. The average molecular weight is 324 g/mol. The van der Waals surface area contributed by atoms with Gasteiger partial charge in [-0.2, -0.15) is 0 Å². The predicted molar refractivity (Wildman–Crippen MR) is 76.5 cm³/mol. The van der Waals surface area contributed by atoms with Gasteiger partial charge in [0, 0.05) is 35.3 Å².